The van der Waals surface area contributed by atoms with Gasteiger partial charge in [0.1, 0.15) is 0 Å². The van der Waals surface area contributed by atoms with Crippen LogP contribution < -0.4 is 10.6 Å². The quantitative estimate of drug-likeness (QED) is 0.779. The molecule has 0 heterocycles. The summed E-state index contributed by atoms with van der Waals surface area (Å²) in [5, 5.41) is 5.70. The van der Waals surface area contributed by atoms with Gasteiger partial charge in [0.05, 0.1) is 6.42 Å². The zero-order chi connectivity index (χ0) is 18.2. The third-order valence-corrected chi connectivity index (χ3v) is 4.34. The molecule has 2 rings (SSSR count). The van der Waals surface area contributed by atoms with Crippen molar-refractivity contribution in [3.63, 3.8) is 0 Å². The van der Waals surface area contributed by atoms with Crippen LogP contribution in [0.3, 0.4) is 0 Å². The molecule has 0 radical (unpaired) electrons. The SMILES string of the molecule is CSc1ccc(CNC(=O)Cc2cccc(NC(=O)N(C)C)c2)cc1. The van der Waals surface area contributed by atoms with E-state index in [1.165, 1.54) is 9.80 Å². The average Bonchev–Trinajstić information content (AvgIpc) is 2.60. The van der Waals surface area contributed by atoms with E-state index in [0.717, 1.165) is 11.1 Å². The number of benzene rings is 2. The molecule has 0 bridgehead atoms. The van der Waals surface area contributed by atoms with Crippen LogP contribution in [0.2, 0.25) is 0 Å². The van der Waals surface area contributed by atoms with E-state index in [1.54, 1.807) is 31.9 Å². The first-order valence-corrected chi connectivity index (χ1v) is 9.17. The minimum absolute atomic E-state index is 0.0509. The molecule has 0 saturated heterocycles. The van der Waals surface area contributed by atoms with E-state index in [2.05, 4.69) is 10.6 Å². The van der Waals surface area contributed by atoms with Gasteiger partial charge in [0, 0.05) is 31.2 Å². The van der Waals surface area contributed by atoms with Crippen molar-refractivity contribution in [3.8, 4) is 0 Å². The van der Waals surface area contributed by atoms with Gasteiger partial charge >= 0.3 is 6.03 Å². The van der Waals surface area contributed by atoms with Gasteiger partial charge in [-0.15, -0.1) is 11.8 Å². The summed E-state index contributed by atoms with van der Waals surface area (Å²) in [4.78, 5) is 26.5. The van der Waals surface area contributed by atoms with Gasteiger partial charge in [-0.25, -0.2) is 4.79 Å². The second kappa shape index (κ2) is 9.13. The van der Waals surface area contributed by atoms with Crippen LogP contribution >= 0.6 is 11.8 Å². The lowest BCUT2D eigenvalue weighted by atomic mass is 10.1. The highest BCUT2D eigenvalue weighted by Gasteiger charge is 2.07. The van der Waals surface area contributed by atoms with E-state index >= 15 is 0 Å². The fourth-order valence-corrected chi connectivity index (χ4v) is 2.59. The Hall–Kier alpha value is -2.47. The molecular formula is C19H23N3O2S. The van der Waals surface area contributed by atoms with Crippen LogP contribution in [0.25, 0.3) is 0 Å². The van der Waals surface area contributed by atoms with E-state index in [1.807, 2.05) is 48.7 Å². The van der Waals surface area contributed by atoms with Crippen molar-refractivity contribution in [2.45, 2.75) is 17.9 Å². The van der Waals surface area contributed by atoms with Gasteiger partial charge in [-0.1, -0.05) is 24.3 Å². The van der Waals surface area contributed by atoms with Crippen LogP contribution in [0, 0.1) is 0 Å². The number of rotatable bonds is 6. The van der Waals surface area contributed by atoms with Crippen LogP contribution in [0.4, 0.5) is 10.5 Å². The fraction of sp³-hybridized carbons (Fsp3) is 0.263. The molecule has 0 saturated carbocycles. The van der Waals surface area contributed by atoms with Gasteiger partial charge in [-0.05, 0) is 41.6 Å². The highest BCUT2D eigenvalue weighted by molar-refractivity contribution is 7.98. The van der Waals surface area contributed by atoms with Crippen molar-refractivity contribution in [2.24, 2.45) is 0 Å². The van der Waals surface area contributed by atoms with Crippen LogP contribution in [0.15, 0.2) is 53.4 Å². The summed E-state index contributed by atoms with van der Waals surface area (Å²) >= 11 is 1.69. The second-order valence-corrected chi connectivity index (χ2v) is 6.71. The number of anilines is 1. The number of hydrogen-bond donors (Lipinski definition) is 2. The number of nitrogens with one attached hydrogen (secondary N) is 2. The minimum Gasteiger partial charge on any atom is -0.352 e. The lowest BCUT2D eigenvalue weighted by Crippen LogP contribution is -2.27. The Bertz CT molecular complexity index is 730. The van der Waals surface area contributed by atoms with Gasteiger partial charge in [-0.3, -0.25) is 4.79 Å². The molecule has 132 valence electrons. The topological polar surface area (TPSA) is 61.4 Å². The van der Waals surface area contributed by atoms with Crippen molar-refractivity contribution in [2.75, 3.05) is 25.7 Å². The zero-order valence-corrected chi connectivity index (χ0v) is 15.5. The summed E-state index contributed by atoms with van der Waals surface area (Å²) in [7, 11) is 3.36. The highest BCUT2D eigenvalue weighted by atomic mass is 32.2. The first kappa shape index (κ1) is 18.9. The maximum Gasteiger partial charge on any atom is 0.321 e. The maximum atomic E-state index is 12.1. The Kier molecular flexibility index (Phi) is 6.89. The first-order valence-electron chi connectivity index (χ1n) is 7.95. The molecule has 6 heteroatoms. The van der Waals surface area contributed by atoms with E-state index < -0.39 is 0 Å². The Morgan fingerprint density at radius 2 is 1.76 bits per heavy atom. The summed E-state index contributed by atoms with van der Waals surface area (Å²) in [5.41, 5.74) is 2.60. The van der Waals surface area contributed by atoms with Crippen LogP contribution in [-0.2, 0) is 17.8 Å². The van der Waals surface area contributed by atoms with Crippen LogP contribution in [-0.4, -0.2) is 37.2 Å². The van der Waals surface area contributed by atoms with Gasteiger partial charge in [0.2, 0.25) is 5.91 Å². The molecule has 0 spiro atoms. The largest absolute Gasteiger partial charge is 0.352 e. The molecular weight excluding hydrogens is 334 g/mol. The molecule has 25 heavy (non-hydrogen) atoms. The maximum absolute atomic E-state index is 12.1. The molecule has 0 unspecified atom stereocenters. The van der Waals surface area contributed by atoms with Crippen molar-refractivity contribution < 1.29 is 9.59 Å². The number of urea groups is 1. The Morgan fingerprint density at radius 1 is 1.04 bits per heavy atom. The van der Waals surface area contributed by atoms with E-state index in [-0.39, 0.29) is 18.4 Å². The lowest BCUT2D eigenvalue weighted by molar-refractivity contribution is -0.120. The molecule has 0 aliphatic rings. The molecule has 0 aromatic heterocycles. The van der Waals surface area contributed by atoms with Crippen molar-refractivity contribution in [3.05, 3.63) is 59.7 Å². The highest BCUT2D eigenvalue weighted by Crippen LogP contribution is 2.15. The number of amides is 3. The number of carbonyl (C=O) groups excluding carboxylic acids is 2. The third-order valence-electron chi connectivity index (χ3n) is 3.60. The number of hydrogen-bond acceptors (Lipinski definition) is 3. The third kappa shape index (κ3) is 6.15. The molecule has 5 nitrogen and oxygen atoms in total. The lowest BCUT2D eigenvalue weighted by Gasteiger charge is -2.12. The monoisotopic (exact) mass is 357 g/mol. The van der Waals surface area contributed by atoms with E-state index in [4.69, 9.17) is 0 Å². The van der Waals surface area contributed by atoms with Crippen molar-refractivity contribution in [1.82, 2.24) is 10.2 Å². The zero-order valence-electron chi connectivity index (χ0n) is 14.7. The van der Waals surface area contributed by atoms with Gasteiger partial charge < -0.3 is 15.5 Å². The summed E-state index contributed by atoms with van der Waals surface area (Å²) < 4.78 is 0. The van der Waals surface area contributed by atoms with E-state index in [9.17, 15) is 9.59 Å². The Labute approximate surface area is 152 Å². The predicted molar refractivity (Wildman–Crippen MR) is 103 cm³/mol. The molecule has 0 aliphatic carbocycles. The molecule has 2 N–H and O–H groups in total. The summed E-state index contributed by atoms with van der Waals surface area (Å²) in [6.07, 6.45) is 2.31. The number of thioether (sulfide) groups is 1. The molecule has 0 atom stereocenters. The Balaban J connectivity index is 1.88. The average molecular weight is 357 g/mol. The summed E-state index contributed by atoms with van der Waals surface area (Å²) in [6.45, 7) is 0.505. The Morgan fingerprint density at radius 3 is 2.40 bits per heavy atom. The smallest absolute Gasteiger partial charge is 0.321 e. The van der Waals surface area contributed by atoms with Crippen molar-refractivity contribution in [1.29, 1.82) is 0 Å². The van der Waals surface area contributed by atoms with Crippen molar-refractivity contribution >= 4 is 29.4 Å². The summed E-state index contributed by atoms with van der Waals surface area (Å²) in [6, 6.07) is 15.2. The molecule has 0 fully saturated rings. The molecule has 2 aromatic carbocycles. The standard InChI is InChI=1S/C19H23N3O2S/c1-22(2)19(24)21-16-6-4-5-15(11-16)12-18(23)20-13-14-7-9-17(25-3)10-8-14/h4-11H,12-13H2,1-3H3,(H,20,23)(H,21,24). The van der Waals surface area contributed by atoms with E-state index in [0.29, 0.717) is 12.2 Å². The van der Waals surface area contributed by atoms with Crippen LogP contribution in [0.1, 0.15) is 11.1 Å². The molecule has 2 aromatic rings. The van der Waals surface area contributed by atoms with Gasteiger partial charge in [-0.2, -0.15) is 0 Å². The van der Waals surface area contributed by atoms with Gasteiger partial charge in [0.15, 0.2) is 0 Å². The number of nitrogens with zero attached hydrogens (tertiary/aromatic N) is 1. The van der Waals surface area contributed by atoms with Crippen LogP contribution in [0.5, 0.6) is 0 Å². The molecule has 0 aliphatic heterocycles. The van der Waals surface area contributed by atoms with Gasteiger partial charge in [0.25, 0.3) is 0 Å². The fourth-order valence-electron chi connectivity index (χ4n) is 2.19. The first-order chi connectivity index (χ1) is 12.0. The number of carbonyl (C=O) groups is 2. The molecule has 3 amide bonds. The second-order valence-electron chi connectivity index (χ2n) is 5.83. The minimum atomic E-state index is -0.199. The normalized spacial score (nSPS) is 10.2. The summed E-state index contributed by atoms with van der Waals surface area (Å²) in [5.74, 6) is -0.0509. The predicted octanol–water partition coefficient (Wildman–Crippen LogP) is 3.36.